The number of benzene rings is 1. The Morgan fingerprint density at radius 3 is 2.31 bits per heavy atom. The van der Waals surface area contributed by atoms with E-state index in [0.29, 0.717) is 5.41 Å². The molecule has 1 aromatic carbocycles. The molecule has 0 heterocycles. The van der Waals surface area contributed by atoms with E-state index in [-0.39, 0.29) is 0 Å². The number of fused-ring (bicyclic) bond motifs is 1. The van der Waals surface area contributed by atoms with Crippen molar-refractivity contribution in [3.63, 3.8) is 0 Å². The molecule has 1 aromatic rings. The van der Waals surface area contributed by atoms with Crippen molar-refractivity contribution in [3.8, 4) is 0 Å². The van der Waals surface area contributed by atoms with E-state index < -0.39 is 0 Å². The summed E-state index contributed by atoms with van der Waals surface area (Å²) >= 11 is 0. The monoisotopic (exact) mass is 396 g/mol. The highest BCUT2D eigenvalue weighted by molar-refractivity contribution is 5.38. The molecule has 0 N–H and O–H groups in total. The van der Waals surface area contributed by atoms with Crippen LogP contribution < -0.4 is 0 Å². The fourth-order valence-electron chi connectivity index (χ4n) is 6.25. The number of hydrogen-bond donors (Lipinski definition) is 0. The van der Waals surface area contributed by atoms with Gasteiger partial charge in [0.05, 0.1) is 0 Å². The van der Waals surface area contributed by atoms with Crippen molar-refractivity contribution in [2.24, 2.45) is 5.92 Å². The molecule has 0 radical (unpaired) electrons. The van der Waals surface area contributed by atoms with Gasteiger partial charge in [0.2, 0.25) is 0 Å². The summed E-state index contributed by atoms with van der Waals surface area (Å²) in [6, 6.07) is 7.78. The Bertz CT molecular complexity index is 578. The van der Waals surface area contributed by atoms with Crippen LogP contribution in [0.4, 0.5) is 0 Å². The molecule has 0 nitrogen and oxygen atoms in total. The van der Waals surface area contributed by atoms with Gasteiger partial charge in [-0.25, -0.2) is 0 Å². The van der Waals surface area contributed by atoms with Crippen LogP contribution in [0.5, 0.6) is 0 Å². The Morgan fingerprint density at radius 1 is 0.793 bits per heavy atom. The lowest BCUT2D eigenvalue weighted by Crippen LogP contribution is -2.29. The summed E-state index contributed by atoms with van der Waals surface area (Å²) in [6.45, 7) is 4.65. The molecule has 164 valence electrons. The van der Waals surface area contributed by atoms with Gasteiger partial charge in [-0.1, -0.05) is 116 Å². The molecule has 1 unspecified atom stereocenters. The van der Waals surface area contributed by atoms with Gasteiger partial charge in [-0.3, -0.25) is 0 Å². The van der Waals surface area contributed by atoms with Crippen molar-refractivity contribution in [2.45, 2.75) is 141 Å². The van der Waals surface area contributed by atoms with Crippen LogP contribution in [0.25, 0.3) is 0 Å². The zero-order valence-corrected chi connectivity index (χ0v) is 19.7. The predicted octanol–water partition coefficient (Wildman–Crippen LogP) is 9.32. The van der Waals surface area contributed by atoms with Gasteiger partial charge in [0, 0.05) is 0 Å². The van der Waals surface area contributed by atoms with Crippen LogP contribution >= 0.6 is 0 Å². The van der Waals surface area contributed by atoms with Crippen LogP contribution in [0.3, 0.4) is 0 Å². The maximum atomic E-state index is 2.67. The first kappa shape index (κ1) is 22.9. The molecule has 0 aliphatic heterocycles. The zero-order valence-electron chi connectivity index (χ0n) is 19.7. The molecule has 0 bridgehead atoms. The zero-order chi connectivity index (χ0) is 20.4. The lowest BCUT2D eigenvalue weighted by atomic mass is 9.65. The van der Waals surface area contributed by atoms with Gasteiger partial charge >= 0.3 is 0 Å². The average Bonchev–Trinajstić information content (AvgIpc) is 2.76. The van der Waals surface area contributed by atoms with Crippen molar-refractivity contribution >= 4 is 0 Å². The van der Waals surface area contributed by atoms with Crippen LogP contribution in [-0.4, -0.2) is 0 Å². The summed E-state index contributed by atoms with van der Waals surface area (Å²) in [5.74, 6) is 0.952. The standard InChI is InChI=1S/C29H48/c1-3-5-7-8-9-11-15-25-16-17-27-24-28(19-18-26(27)23-25)29(20-12-6-4-2)21-13-10-14-22-29/h18-19,24-25H,3-17,20-23H2,1-2H3. The lowest BCUT2D eigenvalue weighted by molar-refractivity contribution is 0.265. The molecule has 0 spiro atoms. The lowest BCUT2D eigenvalue weighted by Gasteiger charge is -2.39. The van der Waals surface area contributed by atoms with Crippen molar-refractivity contribution in [3.05, 3.63) is 34.9 Å². The number of aryl methyl sites for hydroxylation is 1. The maximum Gasteiger partial charge on any atom is -0.00469 e. The molecule has 1 saturated carbocycles. The van der Waals surface area contributed by atoms with Gasteiger partial charge in [-0.05, 0) is 66.5 Å². The van der Waals surface area contributed by atoms with Crippen LogP contribution in [0.1, 0.15) is 140 Å². The second kappa shape index (κ2) is 12.2. The molecule has 2 aliphatic carbocycles. The summed E-state index contributed by atoms with van der Waals surface area (Å²) in [4.78, 5) is 0. The smallest absolute Gasteiger partial charge is 0.00469 e. The Balaban J connectivity index is 1.56. The minimum absolute atomic E-state index is 0.512. The van der Waals surface area contributed by atoms with Gasteiger partial charge in [0.25, 0.3) is 0 Å². The number of rotatable bonds is 12. The highest BCUT2D eigenvalue weighted by atomic mass is 14.4. The van der Waals surface area contributed by atoms with Crippen LogP contribution in [0.2, 0.25) is 0 Å². The van der Waals surface area contributed by atoms with Crippen molar-refractivity contribution in [1.82, 2.24) is 0 Å². The highest BCUT2D eigenvalue weighted by Crippen LogP contribution is 2.44. The third kappa shape index (κ3) is 6.60. The molecule has 0 saturated heterocycles. The van der Waals surface area contributed by atoms with Gasteiger partial charge in [0.1, 0.15) is 0 Å². The molecule has 0 heteroatoms. The summed E-state index contributed by atoms with van der Waals surface area (Å²) in [7, 11) is 0. The minimum atomic E-state index is 0.512. The minimum Gasteiger partial charge on any atom is -0.0654 e. The summed E-state index contributed by atoms with van der Waals surface area (Å²) in [5.41, 5.74) is 5.62. The first-order valence-corrected chi connectivity index (χ1v) is 13.4. The van der Waals surface area contributed by atoms with E-state index in [1.165, 1.54) is 122 Å². The SMILES string of the molecule is CCCCCCCCC1CCc2cc(C3(CCCCC)CCCCC3)ccc2C1. The van der Waals surface area contributed by atoms with Crippen molar-refractivity contribution < 1.29 is 0 Å². The molecule has 1 fully saturated rings. The third-order valence-electron chi connectivity index (χ3n) is 8.18. The quantitative estimate of drug-likeness (QED) is 0.309. The van der Waals surface area contributed by atoms with Crippen LogP contribution in [0, 0.1) is 5.92 Å². The van der Waals surface area contributed by atoms with Gasteiger partial charge < -0.3 is 0 Å². The molecule has 1 atom stereocenters. The topological polar surface area (TPSA) is 0 Å². The predicted molar refractivity (Wildman–Crippen MR) is 129 cm³/mol. The van der Waals surface area contributed by atoms with E-state index in [0.717, 1.165) is 5.92 Å². The van der Waals surface area contributed by atoms with Gasteiger partial charge in [0.15, 0.2) is 0 Å². The Labute approximate surface area is 182 Å². The van der Waals surface area contributed by atoms with Gasteiger partial charge in [-0.15, -0.1) is 0 Å². The largest absolute Gasteiger partial charge is 0.0654 e. The number of unbranched alkanes of at least 4 members (excludes halogenated alkanes) is 7. The van der Waals surface area contributed by atoms with E-state index in [2.05, 4.69) is 32.0 Å². The normalized spacial score (nSPS) is 21.1. The molecular formula is C29H48. The van der Waals surface area contributed by atoms with E-state index in [9.17, 15) is 0 Å². The summed E-state index contributed by atoms with van der Waals surface area (Å²) in [6.07, 6.45) is 27.1. The number of hydrogen-bond acceptors (Lipinski definition) is 0. The molecule has 0 amide bonds. The van der Waals surface area contributed by atoms with E-state index >= 15 is 0 Å². The second-order valence-corrected chi connectivity index (χ2v) is 10.4. The first-order chi connectivity index (χ1) is 14.3. The molecule has 2 aliphatic rings. The average molecular weight is 397 g/mol. The summed E-state index contributed by atoms with van der Waals surface area (Å²) in [5, 5.41) is 0. The van der Waals surface area contributed by atoms with E-state index in [4.69, 9.17) is 0 Å². The molecule has 29 heavy (non-hydrogen) atoms. The maximum absolute atomic E-state index is 2.67. The highest BCUT2D eigenvalue weighted by Gasteiger charge is 2.34. The van der Waals surface area contributed by atoms with E-state index in [1.54, 1.807) is 16.7 Å². The fourth-order valence-corrected chi connectivity index (χ4v) is 6.25. The van der Waals surface area contributed by atoms with Crippen molar-refractivity contribution in [1.29, 1.82) is 0 Å². The van der Waals surface area contributed by atoms with Gasteiger partial charge in [-0.2, -0.15) is 0 Å². The first-order valence-electron chi connectivity index (χ1n) is 13.4. The Kier molecular flexibility index (Phi) is 9.60. The van der Waals surface area contributed by atoms with E-state index in [1.807, 2.05) is 0 Å². The van der Waals surface area contributed by atoms with Crippen molar-refractivity contribution in [2.75, 3.05) is 0 Å². The molecule has 3 rings (SSSR count). The third-order valence-corrected chi connectivity index (χ3v) is 8.18. The molecule has 0 aromatic heterocycles. The fraction of sp³-hybridized carbons (Fsp3) is 0.793. The second-order valence-electron chi connectivity index (χ2n) is 10.4. The molecular weight excluding hydrogens is 348 g/mol. The van der Waals surface area contributed by atoms with Crippen LogP contribution in [0.15, 0.2) is 18.2 Å². The Morgan fingerprint density at radius 2 is 1.52 bits per heavy atom. The Hall–Kier alpha value is -0.780. The van der Waals surface area contributed by atoms with Crippen LogP contribution in [-0.2, 0) is 18.3 Å². The summed E-state index contributed by atoms with van der Waals surface area (Å²) < 4.78 is 0.